The first kappa shape index (κ1) is 14.2. The van der Waals surface area contributed by atoms with Crippen LogP contribution in [0.25, 0.3) is 0 Å². The molecular weight excluding hydrogens is 326 g/mol. The molecule has 0 bridgehead atoms. The van der Waals surface area contributed by atoms with Gasteiger partial charge in [-0.1, -0.05) is 23.7 Å². The summed E-state index contributed by atoms with van der Waals surface area (Å²) in [7, 11) is 0. The van der Waals surface area contributed by atoms with E-state index in [4.69, 9.17) is 11.6 Å². The average Bonchev–Trinajstić information content (AvgIpc) is 2.37. The number of aryl methyl sites for hydroxylation is 2. The number of phenols is 1. The normalized spacial score (nSPS) is 10.5. The van der Waals surface area contributed by atoms with Gasteiger partial charge in [0.1, 0.15) is 5.75 Å². The Morgan fingerprint density at radius 3 is 2.37 bits per heavy atom. The zero-order valence-corrected chi connectivity index (χ0v) is 13.1. The van der Waals surface area contributed by atoms with Gasteiger partial charge in [0.2, 0.25) is 0 Å². The maximum Gasteiger partial charge on any atom is 0.121 e. The van der Waals surface area contributed by atoms with Crippen LogP contribution in [-0.2, 0) is 6.54 Å². The maximum atomic E-state index is 9.74. The lowest BCUT2D eigenvalue weighted by molar-refractivity contribution is 0.466. The lowest BCUT2D eigenvalue weighted by Gasteiger charge is -2.10. The molecule has 2 nitrogen and oxygen atoms in total. The SMILES string of the molecule is Cc1cc(CNc2ccc(Cl)c(Br)c2)cc(C)c1O. The molecule has 2 aromatic carbocycles. The topological polar surface area (TPSA) is 32.3 Å². The van der Waals surface area contributed by atoms with Crippen LogP contribution in [0.3, 0.4) is 0 Å². The van der Waals surface area contributed by atoms with Gasteiger partial charge in [0.05, 0.1) is 5.02 Å². The number of nitrogens with one attached hydrogen (secondary N) is 1. The molecule has 19 heavy (non-hydrogen) atoms. The van der Waals surface area contributed by atoms with Crippen LogP contribution < -0.4 is 5.32 Å². The van der Waals surface area contributed by atoms with Gasteiger partial charge in [0.25, 0.3) is 0 Å². The summed E-state index contributed by atoms with van der Waals surface area (Å²) in [5.41, 5.74) is 3.93. The summed E-state index contributed by atoms with van der Waals surface area (Å²) in [6.07, 6.45) is 0. The van der Waals surface area contributed by atoms with Gasteiger partial charge < -0.3 is 10.4 Å². The van der Waals surface area contributed by atoms with Crippen molar-refractivity contribution in [2.24, 2.45) is 0 Å². The molecule has 2 aromatic rings. The van der Waals surface area contributed by atoms with Gasteiger partial charge in [-0.2, -0.15) is 0 Å². The minimum Gasteiger partial charge on any atom is -0.507 e. The van der Waals surface area contributed by atoms with E-state index in [-0.39, 0.29) is 0 Å². The van der Waals surface area contributed by atoms with Crippen molar-refractivity contribution < 1.29 is 5.11 Å². The predicted octanol–water partition coefficient (Wildman–Crippen LogP) is 5.04. The second-order valence-electron chi connectivity index (χ2n) is 4.56. The van der Waals surface area contributed by atoms with E-state index in [0.717, 1.165) is 26.9 Å². The molecule has 0 aromatic heterocycles. The van der Waals surface area contributed by atoms with Gasteiger partial charge in [-0.3, -0.25) is 0 Å². The van der Waals surface area contributed by atoms with Gasteiger partial charge in [0.15, 0.2) is 0 Å². The summed E-state index contributed by atoms with van der Waals surface area (Å²) < 4.78 is 0.872. The Morgan fingerprint density at radius 1 is 1.16 bits per heavy atom. The number of aromatic hydroxyl groups is 1. The Labute approximate surface area is 126 Å². The van der Waals surface area contributed by atoms with Gasteiger partial charge in [-0.05, 0) is 64.7 Å². The second-order valence-corrected chi connectivity index (χ2v) is 5.82. The van der Waals surface area contributed by atoms with Crippen molar-refractivity contribution in [2.75, 3.05) is 5.32 Å². The van der Waals surface area contributed by atoms with Gasteiger partial charge in [-0.25, -0.2) is 0 Å². The van der Waals surface area contributed by atoms with Crippen molar-refractivity contribution in [3.8, 4) is 5.75 Å². The number of rotatable bonds is 3. The van der Waals surface area contributed by atoms with E-state index >= 15 is 0 Å². The van der Waals surface area contributed by atoms with Crippen LogP contribution >= 0.6 is 27.5 Å². The molecule has 0 atom stereocenters. The lowest BCUT2D eigenvalue weighted by atomic mass is 10.1. The van der Waals surface area contributed by atoms with Crippen molar-refractivity contribution >= 4 is 33.2 Å². The number of halogens is 2. The fourth-order valence-electron chi connectivity index (χ4n) is 1.96. The van der Waals surface area contributed by atoms with E-state index in [1.54, 1.807) is 0 Å². The van der Waals surface area contributed by atoms with E-state index in [1.165, 1.54) is 0 Å². The van der Waals surface area contributed by atoms with Crippen molar-refractivity contribution in [2.45, 2.75) is 20.4 Å². The maximum absolute atomic E-state index is 9.74. The Hall–Kier alpha value is -1.19. The molecule has 0 aliphatic rings. The summed E-state index contributed by atoms with van der Waals surface area (Å²) in [6.45, 7) is 4.52. The van der Waals surface area contributed by atoms with Crippen molar-refractivity contribution in [3.63, 3.8) is 0 Å². The number of hydrogen-bond donors (Lipinski definition) is 2. The number of phenolic OH excluding ortho intramolecular Hbond substituents is 1. The van der Waals surface area contributed by atoms with E-state index in [9.17, 15) is 5.11 Å². The van der Waals surface area contributed by atoms with Crippen LogP contribution in [0.1, 0.15) is 16.7 Å². The highest BCUT2D eigenvalue weighted by atomic mass is 79.9. The molecule has 0 saturated heterocycles. The summed E-state index contributed by atoms with van der Waals surface area (Å²) in [5.74, 6) is 0.373. The fraction of sp³-hybridized carbons (Fsp3) is 0.200. The van der Waals surface area contributed by atoms with Crippen LogP contribution in [0.15, 0.2) is 34.8 Å². The Balaban J connectivity index is 2.12. The van der Waals surface area contributed by atoms with Gasteiger partial charge >= 0.3 is 0 Å². The van der Waals surface area contributed by atoms with Crippen LogP contribution in [0.4, 0.5) is 5.69 Å². The van der Waals surface area contributed by atoms with E-state index in [0.29, 0.717) is 17.3 Å². The summed E-state index contributed by atoms with van der Waals surface area (Å²) >= 11 is 9.35. The Kier molecular flexibility index (Phi) is 4.38. The quantitative estimate of drug-likeness (QED) is 0.820. The fourth-order valence-corrected chi connectivity index (χ4v) is 2.45. The summed E-state index contributed by atoms with van der Waals surface area (Å²) in [6, 6.07) is 9.71. The van der Waals surface area contributed by atoms with Crippen LogP contribution in [0, 0.1) is 13.8 Å². The number of hydrogen-bond acceptors (Lipinski definition) is 2. The second kappa shape index (κ2) is 5.85. The molecule has 2 N–H and O–H groups in total. The van der Waals surface area contributed by atoms with Gasteiger partial charge in [0, 0.05) is 16.7 Å². The van der Waals surface area contributed by atoms with Crippen LogP contribution in [0.5, 0.6) is 5.75 Å². The first-order valence-electron chi connectivity index (χ1n) is 5.95. The van der Waals surface area contributed by atoms with E-state index in [1.807, 2.05) is 44.2 Å². The molecule has 0 heterocycles. The first-order chi connectivity index (χ1) is 8.97. The smallest absolute Gasteiger partial charge is 0.121 e. The highest BCUT2D eigenvalue weighted by Gasteiger charge is 2.04. The third kappa shape index (κ3) is 3.43. The highest BCUT2D eigenvalue weighted by molar-refractivity contribution is 9.10. The molecule has 4 heteroatoms. The Bertz CT molecular complexity index is 590. The van der Waals surface area contributed by atoms with Crippen LogP contribution in [0.2, 0.25) is 5.02 Å². The van der Waals surface area contributed by atoms with E-state index in [2.05, 4.69) is 21.2 Å². The highest BCUT2D eigenvalue weighted by Crippen LogP contribution is 2.27. The minimum absolute atomic E-state index is 0.373. The summed E-state index contributed by atoms with van der Waals surface area (Å²) in [5, 5.41) is 13.8. The molecule has 2 rings (SSSR count). The molecule has 0 radical (unpaired) electrons. The Morgan fingerprint density at radius 2 is 1.79 bits per heavy atom. The van der Waals surface area contributed by atoms with Crippen molar-refractivity contribution in [1.82, 2.24) is 0 Å². The monoisotopic (exact) mass is 339 g/mol. The zero-order chi connectivity index (χ0) is 14.0. The van der Waals surface area contributed by atoms with Crippen molar-refractivity contribution in [1.29, 1.82) is 0 Å². The first-order valence-corrected chi connectivity index (χ1v) is 7.12. The third-order valence-corrected chi connectivity index (χ3v) is 4.18. The molecule has 100 valence electrons. The molecule has 0 aliphatic carbocycles. The molecule has 0 fully saturated rings. The van der Waals surface area contributed by atoms with Crippen LogP contribution in [-0.4, -0.2) is 5.11 Å². The number of anilines is 1. The van der Waals surface area contributed by atoms with E-state index < -0.39 is 0 Å². The lowest BCUT2D eigenvalue weighted by Crippen LogP contribution is -2.00. The van der Waals surface area contributed by atoms with Crippen molar-refractivity contribution in [3.05, 3.63) is 56.5 Å². The molecular formula is C15H15BrClNO. The standard InChI is InChI=1S/C15H15BrClNO/c1-9-5-11(6-10(2)15(9)19)8-18-12-3-4-14(17)13(16)7-12/h3-7,18-19H,8H2,1-2H3. The largest absolute Gasteiger partial charge is 0.507 e. The molecule has 0 amide bonds. The number of benzene rings is 2. The minimum atomic E-state index is 0.373. The van der Waals surface area contributed by atoms with Gasteiger partial charge in [-0.15, -0.1) is 0 Å². The zero-order valence-electron chi connectivity index (χ0n) is 10.8. The summed E-state index contributed by atoms with van der Waals surface area (Å²) in [4.78, 5) is 0. The molecule has 0 unspecified atom stereocenters. The molecule has 0 spiro atoms. The third-order valence-electron chi connectivity index (χ3n) is 2.97. The predicted molar refractivity (Wildman–Crippen MR) is 84.1 cm³/mol. The molecule has 0 aliphatic heterocycles. The molecule has 0 saturated carbocycles. The average molecular weight is 341 g/mol.